The van der Waals surface area contributed by atoms with Gasteiger partial charge in [0.05, 0.1) is 17.3 Å². The Hall–Kier alpha value is -1.49. The van der Waals surface area contributed by atoms with Gasteiger partial charge in [-0.05, 0) is 45.6 Å². The molecule has 0 saturated carbocycles. The van der Waals surface area contributed by atoms with Crippen LogP contribution in [0.3, 0.4) is 0 Å². The van der Waals surface area contributed by atoms with Crippen molar-refractivity contribution >= 4 is 5.78 Å². The van der Waals surface area contributed by atoms with Gasteiger partial charge in [0, 0.05) is 30.4 Å². The molecule has 1 spiro atoms. The highest BCUT2D eigenvalue weighted by Gasteiger charge is 2.49. The van der Waals surface area contributed by atoms with E-state index in [-0.39, 0.29) is 17.1 Å². The molecule has 2 fully saturated rings. The summed E-state index contributed by atoms with van der Waals surface area (Å²) < 4.78 is 0. The third-order valence-electron chi connectivity index (χ3n) is 5.15. The summed E-state index contributed by atoms with van der Waals surface area (Å²) in [5.74, 6) is 0.392. The van der Waals surface area contributed by atoms with Crippen LogP contribution < -0.4 is 16.1 Å². The van der Waals surface area contributed by atoms with E-state index in [1.165, 1.54) is 11.3 Å². The fourth-order valence-electron chi connectivity index (χ4n) is 4.06. The molecule has 0 aromatic carbocycles. The zero-order valence-electron chi connectivity index (χ0n) is 13.0. The smallest absolute Gasteiger partial charge is 0.151 e. The van der Waals surface area contributed by atoms with Gasteiger partial charge in [-0.25, -0.2) is 0 Å². The summed E-state index contributed by atoms with van der Waals surface area (Å²) in [6.45, 7) is 6.59. The Balaban J connectivity index is 1.59. The van der Waals surface area contributed by atoms with Gasteiger partial charge in [0.15, 0.2) is 5.78 Å². The van der Waals surface area contributed by atoms with Gasteiger partial charge in [-0.1, -0.05) is 0 Å². The molecule has 4 aliphatic rings. The largest absolute Gasteiger partial charge is 0.383 e. The third-order valence-corrected chi connectivity index (χ3v) is 5.15. The van der Waals surface area contributed by atoms with E-state index < -0.39 is 0 Å². The molecule has 5 nitrogen and oxygen atoms in total. The Labute approximate surface area is 125 Å². The Kier molecular flexibility index (Phi) is 2.53. The van der Waals surface area contributed by atoms with Gasteiger partial charge in [0.25, 0.3) is 0 Å². The van der Waals surface area contributed by atoms with Crippen LogP contribution in [0.25, 0.3) is 0 Å². The van der Waals surface area contributed by atoms with E-state index in [9.17, 15) is 4.79 Å². The Bertz CT molecular complexity index is 559. The molecule has 3 unspecified atom stereocenters. The number of piperidine rings is 1. The van der Waals surface area contributed by atoms with E-state index >= 15 is 0 Å². The van der Waals surface area contributed by atoms with Crippen LogP contribution in [-0.2, 0) is 4.79 Å². The zero-order chi connectivity index (χ0) is 14.8. The summed E-state index contributed by atoms with van der Waals surface area (Å²) in [6, 6.07) is 0.410. The van der Waals surface area contributed by atoms with Gasteiger partial charge in [-0.15, -0.1) is 0 Å². The molecule has 21 heavy (non-hydrogen) atoms. The predicted molar refractivity (Wildman–Crippen MR) is 80.9 cm³/mol. The molecule has 0 aromatic rings. The molecule has 3 atom stereocenters. The lowest BCUT2D eigenvalue weighted by Crippen LogP contribution is -2.57. The minimum Gasteiger partial charge on any atom is -0.383 e. The monoisotopic (exact) mass is 288 g/mol. The van der Waals surface area contributed by atoms with Crippen molar-refractivity contribution < 1.29 is 4.79 Å². The first-order chi connectivity index (χ1) is 9.85. The normalized spacial score (nSPS) is 37.9. The average molecular weight is 288 g/mol. The molecule has 5 heteroatoms. The summed E-state index contributed by atoms with van der Waals surface area (Å²) in [4.78, 5) is 12.0. The van der Waals surface area contributed by atoms with Crippen molar-refractivity contribution in [2.45, 2.75) is 69.6 Å². The number of hydrazine groups is 1. The lowest BCUT2D eigenvalue weighted by atomic mass is 9.77. The molecule has 114 valence electrons. The minimum atomic E-state index is 0.0532. The zero-order valence-corrected chi connectivity index (χ0v) is 13.0. The van der Waals surface area contributed by atoms with Gasteiger partial charge >= 0.3 is 0 Å². The van der Waals surface area contributed by atoms with Gasteiger partial charge < -0.3 is 10.6 Å². The maximum absolute atomic E-state index is 12.0. The highest BCUT2D eigenvalue weighted by molar-refractivity contribution is 5.87. The topological polar surface area (TPSA) is 56.4 Å². The van der Waals surface area contributed by atoms with Gasteiger partial charge in [0.2, 0.25) is 0 Å². The summed E-state index contributed by atoms with van der Waals surface area (Å²) in [5, 5.41) is 9.24. The van der Waals surface area contributed by atoms with Crippen LogP contribution >= 0.6 is 0 Å². The van der Waals surface area contributed by atoms with Crippen molar-refractivity contribution in [2.24, 2.45) is 0 Å². The number of ketones is 1. The molecule has 0 radical (unpaired) electrons. The van der Waals surface area contributed by atoms with Crippen LogP contribution in [0.5, 0.6) is 0 Å². The van der Waals surface area contributed by atoms with Crippen molar-refractivity contribution in [1.82, 2.24) is 21.1 Å². The van der Waals surface area contributed by atoms with Crippen LogP contribution in [0.4, 0.5) is 0 Å². The van der Waals surface area contributed by atoms with Crippen LogP contribution in [0.1, 0.15) is 46.5 Å². The second kappa shape index (κ2) is 4.03. The van der Waals surface area contributed by atoms with Crippen molar-refractivity contribution in [3.05, 3.63) is 23.7 Å². The molecule has 0 aliphatic carbocycles. The number of hydrogen-bond donors (Lipinski definition) is 3. The molecule has 3 N–H and O–H groups in total. The number of carbonyl (C=O) groups is 1. The summed E-state index contributed by atoms with van der Waals surface area (Å²) >= 11 is 0. The molecule has 0 aromatic heterocycles. The van der Waals surface area contributed by atoms with E-state index in [2.05, 4.69) is 54.2 Å². The SMILES string of the molecule is CC(C)(C)N1C=C2CC3(CC4CC(=O)C(C3)N4)NC=C2N1. The van der Waals surface area contributed by atoms with Crippen LogP contribution in [0.15, 0.2) is 23.7 Å². The lowest BCUT2D eigenvalue weighted by Gasteiger charge is -2.43. The Morgan fingerprint density at radius 2 is 2.14 bits per heavy atom. The van der Waals surface area contributed by atoms with Gasteiger partial charge in [0.1, 0.15) is 0 Å². The molecule has 2 saturated heterocycles. The number of allylic oxidation sites excluding steroid dienone is 1. The van der Waals surface area contributed by atoms with Gasteiger partial charge in [-0.2, -0.15) is 0 Å². The number of nitrogens with one attached hydrogen (secondary N) is 3. The average Bonchev–Trinajstić information content (AvgIpc) is 2.90. The van der Waals surface area contributed by atoms with E-state index in [1.54, 1.807) is 0 Å². The Morgan fingerprint density at radius 3 is 2.86 bits per heavy atom. The summed E-state index contributed by atoms with van der Waals surface area (Å²) in [7, 11) is 0. The molecule has 4 rings (SSSR count). The number of Topliss-reactive ketones (excluding diaryl/α,β-unsaturated/α-hetero) is 1. The van der Waals surface area contributed by atoms with Crippen molar-refractivity contribution in [2.75, 3.05) is 0 Å². The van der Waals surface area contributed by atoms with E-state index in [0.29, 0.717) is 18.2 Å². The van der Waals surface area contributed by atoms with E-state index in [1.807, 2.05) is 0 Å². The third kappa shape index (κ3) is 2.06. The molecular formula is C16H24N4O. The first-order valence-electron chi connectivity index (χ1n) is 7.88. The number of carbonyl (C=O) groups excluding carboxylic acids is 1. The number of rotatable bonds is 0. The van der Waals surface area contributed by atoms with Gasteiger partial charge in [-0.3, -0.25) is 15.2 Å². The van der Waals surface area contributed by atoms with Crippen LogP contribution in [0, 0.1) is 0 Å². The fraction of sp³-hybridized carbons (Fsp3) is 0.688. The molecular weight excluding hydrogens is 264 g/mol. The van der Waals surface area contributed by atoms with Crippen LogP contribution in [-0.4, -0.2) is 34.0 Å². The lowest BCUT2D eigenvalue weighted by molar-refractivity contribution is -0.118. The molecule has 2 bridgehead atoms. The first-order valence-corrected chi connectivity index (χ1v) is 7.88. The standard InChI is InChI=1S/C16H24N4O/c1-15(2,3)20-9-10-5-16(17-8-13(10)19-20)6-11-4-14(21)12(7-16)18-11/h8-9,11-12,17-19H,4-7H2,1-3H3. The van der Waals surface area contributed by atoms with E-state index in [4.69, 9.17) is 0 Å². The number of nitrogens with zero attached hydrogens (tertiary/aromatic N) is 1. The van der Waals surface area contributed by atoms with Crippen molar-refractivity contribution in [1.29, 1.82) is 0 Å². The molecule has 4 aliphatic heterocycles. The second-order valence-electron chi connectivity index (χ2n) is 7.96. The van der Waals surface area contributed by atoms with Crippen molar-refractivity contribution in [3.63, 3.8) is 0 Å². The number of fused-ring (bicyclic) bond motifs is 3. The van der Waals surface area contributed by atoms with E-state index in [0.717, 1.165) is 19.3 Å². The second-order valence-corrected chi connectivity index (χ2v) is 7.96. The number of hydrogen-bond acceptors (Lipinski definition) is 5. The predicted octanol–water partition coefficient (Wildman–Crippen LogP) is 1.16. The fourth-order valence-corrected chi connectivity index (χ4v) is 4.06. The highest BCUT2D eigenvalue weighted by atomic mass is 16.1. The molecule has 4 heterocycles. The maximum Gasteiger partial charge on any atom is 0.151 e. The first kappa shape index (κ1) is 13.2. The summed E-state index contributed by atoms with van der Waals surface area (Å²) in [6.07, 6.45) is 7.98. The Morgan fingerprint density at radius 1 is 1.33 bits per heavy atom. The highest BCUT2D eigenvalue weighted by Crippen LogP contribution is 2.41. The summed E-state index contributed by atoms with van der Waals surface area (Å²) in [5.41, 5.74) is 6.10. The minimum absolute atomic E-state index is 0.0532. The molecule has 0 amide bonds. The maximum atomic E-state index is 12.0. The van der Waals surface area contributed by atoms with Crippen LogP contribution in [0.2, 0.25) is 0 Å². The quantitative estimate of drug-likeness (QED) is 0.624. The van der Waals surface area contributed by atoms with Crippen molar-refractivity contribution in [3.8, 4) is 0 Å².